The number of hydrogen-bond acceptors (Lipinski definition) is 3. The van der Waals surface area contributed by atoms with E-state index in [4.69, 9.17) is 0 Å². The average molecular weight is 284 g/mol. The molecule has 0 aliphatic rings. The van der Waals surface area contributed by atoms with E-state index in [-0.39, 0.29) is 0 Å². The molecule has 0 unspecified atom stereocenters. The largest absolute Gasteiger partial charge is 0.416 e. The molecule has 0 bridgehead atoms. The Morgan fingerprint density at radius 1 is 1.25 bits per heavy atom. The zero-order chi connectivity index (χ0) is 14.6. The summed E-state index contributed by atoms with van der Waals surface area (Å²) in [6, 6.07) is 5.29. The summed E-state index contributed by atoms with van der Waals surface area (Å²) in [5.74, 6) is 0.763. The Kier molecular flexibility index (Phi) is 4.39. The third-order valence-electron chi connectivity index (χ3n) is 2.86. The van der Waals surface area contributed by atoms with E-state index >= 15 is 0 Å². The van der Waals surface area contributed by atoms with Crippen LogP contribution < -0.4 is 5.32 Å². The van der Waals surface area contributed by atoms with Crippen LogP contribution in [0.2, 0.25) is 0 Å². The van der Waals surface area contributed by atoms with Crippen LogP contribution in [0.25, 0.3) is 0 Å². The summed E-state index contributed by atoms with van der Waals surface area (Å²) >= 11 is 0. The second-order valence-corrected chi connectivity index (χ2v) is 4.29. The maximum Gasteiger partial charge on any atom is 0.416 e. The number of aryl methyl sites for hydroxylation is 1. The molecule has 0 aliphatic heterocycles. The van der Waals surface area contributed by atoms with Gasteiger partial charge in [-0.25, -0.2) is 9.67 Å². The van der Waals surface area contributed by atoms with Crippen LogP contribution in [-0.2, 0) is 25.8 Å². The molecule has 1 aromatic heterocycles. The van der Waals surface area contributed by atoms with Crippen LogP contribution in [0.3, 0.4) is 0 Å². The van der Waals surface area contributed by atoms with Crippen molar-refractivity contribution in [2.75, 3.05) is 0 Å². The zero-order valence-corrected chi connectivity index (χ0v) is 11.0. The Morgan fingerprint density at radius 3 is 2.75 bits per heavy atom. The van der Waals surface area contributed by atoms with Crippen molar-refractivity contribution in [2.24, 2.45) is 0 Å². The monoisotopic (exact) mass is 284 g/mol. The van der Waals surface area contributed by atoms with Gasteiger partial charge in [-0.05, 0) is 18.6 Å². The Hall–Kier alpha value is -1.89. The van der Waals surface area contributed by atoms with Gasteiger partial charge in [0.25, 0.3) is 0 Å². The molecule has 0 aliphatic carbocycles. The summed E-state index contributed by atoms with van der Waals surface area (Å²) in [6.07, 6.45) is -2.84. The van der Waals surface area contributed by atoms with Gasteiger partial charge in [0.05, 0.1) is 12.1 Å². The molecule has 1 aromatic carbocycles. The minimum atomic E-state index is -4.31. The second-order valence-electron chi connectivity index (χ2n) is 4.29. The van der Waals surface area contributed by atoms with E-state index in [9.17, 15) is 13.2 Å². The van der Waals surface area contributed by atoms with E-state index in [2.05, 4.69) is 15.4 Å². The first-order valence-electron chi connectivity index (χ1n) is 6.24. The first kappa shape index (κ1) is 14.5. The normalized spacial score (nSPS) is 11.8. The summed E-state index contributed by atoms with van der Waals surface area (Å²) in [5.41, 5.74) is -0.0455. The van der Waals surface area contributed by atoms with Crippen LogP contribution >= 0.6 is 0 Å². The molecule has 0 radical (unpaired) electrons. The molecule has 0 amide bonds. The predicted molar refractivity (Wildman–Crippen MR) is 67.7 cm³/mol. The number of hydrogen-bond donors (Lipinski definition) is 1. The van der Waals surface area contributed by atoms with Crippen molar-refractivity contribution in [2.45, 2.75) is 32.7 Å². The molecule has 0 atom stereocenters. The smallest absolute Gasteiger partial charge is 0.306 e. The molecule has 0 fully saturated rings. The van der Waals surface area contributed by atoms with Gasteiger partial charge in [-0.2, -0.15) is 18.3 Å². The highest BCUT2D eigenvalue weighted by molar-refractivity contribution is 5.25. The van der Waals surface area contributed by atoms with Crippen molar-refractivity contribution < 1.29 is 13.2 Å². The number of benzene rings is 1. The van der Waals surface area contributed by atoms with Gasteiger partial charge in [0.15, 0.2) is 0 Å². The summed E-state index contributed by atoms with van der Waals surface area (Å²) in [7, 11) is 0. The van der Waals surface area contributed by atoms with Crippen LogP contribution in [0, 0.1) is 0 Å². The number of aromatic nitrogens is 3. The van der Waals surface area contributed by atoms with Crippen molar-refractivity contribution in [3.63, 3.8) is 0 Å². The van der Waals surface area contributed by atoms with Crippen molar-refractivity contribution in [3.8, 4) is 0 Å². The van der Waals surface area contributed by atoms with Crippen molar-refractivity contribution >= 4 is 0 Å². The molecule has 20 heavy (non-hydrogen) atoms. The van der Waals surface area contributed by atoms with Crippen LogP contribution in [0.4, 0.5) is 13.2 Å². The van der Waals surface area contributed by atoms with Gasteiger partial charge >= 0.3 is 6.18 Å². The van der Waals surface area contributed by atoms with E-state index in [0.29, 0.717) is 25.2 Å². The van der Waals surface area contributed by atoms with Crippen LogP contribution in [0.5, 0.6) is 0 Å². The maximum atomic E-state index is 12.6. The fourth-order valence-electron chi connectivity index (χ4n) is 1.87. The lowest BCUT2D eigenvalue weighted by Crippen LogP contribution is -2.17. The van der Waals surface area contributed by atoms with E-state index in [0.717, 1.165) is 18.0 Å². The Bertz CT molecular complexity index is 563. The third kappa shape index (κ3) is 3.57. The number of nitrogens with one attached hydrogen (secondary N) is 1. The molecular formula is C13H15F3N4. The van der Waals surface area contributed by atoms with E-state index < -0.39 is 11.7 Å². The zero-order valence-electron chi connectivity index (χ0n) is 11.0. The molecule has 0 spiro atoms. The van der Waals surface area contributed by atoms with E-state index in [1.807, 2.05) is 6.92 Å². The van der Waals surface area contributed by atoms with Gasteiger partial charge in [-0.3, -0.25) is 0 Å². The maximum absolute atomic E-state index is 12.6. The van der Waals surface area contributed by atoms with Gasteiger partial charge in [0.1, 0.15) is 12.2 Å². The summed E-state index contributed by atoms with van der Waals surface area (Å²) in [4.78, 5) is 4.08. The SMILES string of the molecule is CCn1ncnc1CNCc1cccc(C(F)(F)F)c1. The van der Waals surface area contributed by atoms with Gasteiger partial charge < -0.3 is 5.32 Å². The molecular weight excluding hydrogens is 269 g/mol. The topological polar surface area (TPSA) is 42.7 Å². The van der Waals surface area contributed by atoms with E-state index in [1.54, 1.807) is 10.7 Å². The Labute approximate surface area is 114 Å². The van der Waals surface area contributed by atoms with Crippen LogP contribution in [0.15, 0.2) is 30.6 Å². The summed E-state index contributed by atoms with van der Waals surface area (Å²) in [5, 5.41) is 7.09. The highest BCUT2D eigenvalue weighted by atomic mass is 19.4. The number of nitrogens with zero attached hydrogens (tertiary/aromatic N) is 3. The number of rotatable bonds is 5. The standard InChI is InChI=1S/C13H15F3N4/c1-2-20-12(18-9-19-20)8-17-7-10-4-3-5-11(6-10)13(14,15)16/h3-6,9,17H,2,7-8H2,1H3. The minimum absolute atomic E-state index is 0.348. The molecule has 4 nitrogen and oxygen atoms in total. The fraction of sp³-hybridized carbons (Fsp3) is 0.385. The molecule has 1 N–H and O–H groups in total. The van der Waals surface area contributed by atoms with Crippen molar-refractivity contribution in [1.29, 1.82) is 0 Å². The summed E-state index contributed by atoms with van der Waals surface area (Å²) in [6.45, 7) is 3.47. The summed E-state index contributed by atoms with van der Waals surface area (Å²) < 4.78 is 39.4. The average Bonchev–Trinajstić information content (AvgIpc) is 2.86. The van der Waals surface area contributed by atoms with Gasteiger partial charge in [0.2, 0.25) is 0 Å². The third-order valence-corrected chi connectivity index (χ3v) is 2.86. The molecule has 108 valence electrons. The lowest BCUT2D eigenvalue weighted by Gasteiger charge is -2.09. The minimum Gasteiger partial charge on any atom is -0.306 e. The van der Waals surface area contributed by atoms with Gasteiger partial charge in [-0.15, -0.1) is 0 Å². The lowest BCUT2D eigenvalue weighted by molar-refractivity contribution is -0.137. The molecule has 0 saturated heterocycles. The second kappa shape index (κ2) is 6.04. The molecule has 2 rings (SSSR count). The van der Waals surface area contributed by atoms with Gasteiger partial charge in [0, 0.05) is 13.1 Å². The van der Waals surface area contributed by atoms with Crippen LogP contribution in [0.1, 0.15) is 23.9 Å². The van der Waals surface area contributed by atoms with Crippen molar-refractivity contribution in [3.05, 3.63) is 47.5 Å². The van der Waals surface area contributed by atoms with Crippen molar-refractivity contribution in [1.82, 2.24) is 20.1 Å². The Balaban J connectivity index is 1.95. The quantitative estimate of drug-likeness (QED) is 0.917. The predicted octanol–water partition coefficient (Wildman–Crippen LogP) is 2.61. The van der Waals surface area contributed by atoms with E-state index in [1.165, 1.54) is 12.4 Å². The Morgan fingerprint density at radius 2 is 2.05 bits per heavy atom. The molecule has 1 heterocycles. The highest BCUT2D eigenvalue weighted by Crippen LogP contribution is 2.29. The van der Waals surface area contributed by atoms with Gasteiger partial charge in [-0.1, -0.05) is 18.2 Å². The molecule has 2 aromatic rings. The number of alkyl halides is 3. The van der Waals surface area contributed by atoms with Crippen LogP contribution in [-0.4, -0.2) is 14.8 Å². The number of halogens is 3. The highest BCUT2D eigenvalue weighted by Gasteiger charge is 2.30. The first-order chi connectivity index (χ1) is 9.50. The first-order valence-corrected chi connectivity index (χ1v) is 6.24. The molecule has 0 saturated carbocycles. The lowest BCUT2D eigenvalue weighted by atomic mass is 10.1. The molecule has 7 heteroatoms. The fourth-order valence-corrected chi connectivity index (χ4v) is 1.87.